The molecule has 0 aliphatic carbocycles. The van der Waals surface area contributed by atoms with Crippen molar-refractivity contribution in [3.05, 3.63) is 109 Å². The number of aromatic nitrogens is 4. The van der Waals surface area contributed by atoms with Gasteiger partial charge in [0.05, 0.1) is 26.7 Å². The van der Waals surface area contributed by atoms with E-state index >= 15 is 0 Å². The number of thiophene rings is 1. The lowest BCUT2D eigenvalue weighted by Crippen LogP contribution is -2.00. The zero-order valence-electron chi connectivity index (χ0n) is 30.1. The molecule has 0 radical (unpaired) electrons. The Kier molecular flexibility index (Phi) is 7.00. The standard InChI is InChI=1S/C45H26N4O9S/c50-33-29-30-32(36(53)40(57)38(55)34(30)51)49(31(29)35(52)39(56)37(33)54)25-16-7-13-22-28-23(14-8-18-27(28)59-42(22)25)44-46-43(19-9-2-1-3-10-19)47-45(48-44)24-15-6-12-21-20-11-4-5-17-26(20)58-41(21)24/h1-18,50-57H. The lowest BCUT2D eigenvalue weighted by Gasteiger charge is -2.13. The average molecular weight is 799 g/mol. The number of phenolic OH excluding ortho intramolecular Hbond substituents is 8. The number of fused-ring (bicyclic) bond motifs is 9. The minimum absolute atomic E-state index is 0.270. The first-order valence-electron chi connectivity index (χ1n) is 18.1. The van der Waals surface area contributed by atoms with Gasteiger partial charge in [-0.15, -0.1) is 11.3 Å². The molecule has 8 N–H and O–H groups in total. The van der Waals surface area contributed by atoms with Crippen LogP contribution in [0.25, 0.3) is 104 Å². The highest BCUT2D eigenvalue weighted by atomic mass is 32.1. The monoisotopic (exact) mass is 798 g/mol. The zero-order chi connectivity index (χ0) is 40.4. The van der Waals surface area contributed by atoms with Crippen molar-refractivity contribution in [2.75, 3.05) is 0 Å². The van der Waals surface area contributed by atoms with Gasteiger partial charge in [-0.2, -0.15) is 0 Å². The Morgan fingerprint density at radius 3 is 1.69 bits per heavy atom. The Hall–Kier alpha value is -8.23. The van der Waals surface area contributed by atoms with Gasteiger partial charge in [0.1, 0.15) is 22.2 Å². The van der Waals surface area contributed by atoms with E-state index in [4.69, 9.17) is 19.4 Å². The second kappa shape index (κ2) is 12.1. The van der Waals surface area contributed by atoms with Crippen LogP contribution in [0.1, 0.15) is 0 Å². The molecule has 4 heterocycles. The summed E-state index contributed by atoms with van der Waals surface area (Å²) in [6.45, 7) is 0. The molecule has 4 aromatic heterocycles. The minimum Gasteiger partial charge on any atom is -0.504 e. The van der Waals surface area contributed by atoms with Gasteiger partial charge in [-0.1, -0.05) is 84.9 Å². The van der Waals surface area contributed by atoms with Crippen molar-refractivity contribution in [3.8, 4) is 85.8 Å². The van der Waals surface area contributed by atoms with Gasteiger partial charge in [0.2, 0.25) is 23.0 Å². The second-order valence-electron chi connectivity index (χ2n) is 14.0. The average Bonchev–Trinajstić information content (AvgIpc) is 3.96. The van der Waals surface area contributed by atoms with Crippen molar-refractivity contribution in [1.82, 2.24) is 19.5 Å². The van der Waals surface area contributed by atoms with E-state index in [0.717, 1.165) is 32.0 Å². The Morgan fingerprint density at radius 1 is 0.441 bits per heavy atom. The first-order chi connectivity index (χ1) is 28.6. The van der Waals surface area contributed by atoms with Gasteiger partial charge in [-0.3, -0.25) is 0 Å². The van der Waals surface area contributed by atoms with Crippen molar-refractivity contribution < 1.29 is 45.3 Å². The lowest BCUT2D eigenvalue weighted by molar-refractivity contribution is 0.350. The van der Waals surface area contributed by atoms with Crippen LogP contribution in [0, 0.1) is 0 Å². The van der Waals surface area contributed by atoms with Crippen molar-refractivity contribution in [1.29, 1.82) is 0 Å². The highest BCUT2D eigenvalue weighted by Gasteiger charge is 2.33. The molecule has 0 unspecified atom stereocenters. The number of hydrogen-bond acceptors (Lipinski definition) is 13. The van der Waals surface area contributed by atoms with Gasteiger partial charge in [-0.05, 0) is 24.3 Å². The fourth-order valence-corrected chi connectivity index (χ4v) is 9.32. The third-order valence-electron chi connectivity index (χ3n) is 10.7. The molecular formula is C45H26N4O9S. The summed E-state index contributed by atoms with van der Waals surface area (Å²) >= 11 is 1.33. The van der Waals surface area contributed by atoms with E-state index in [1.54, 1.807) is 12.1 Å². The fourth-order valence-electron chi connectivity index (χ4n) is 8.08. The lowest BCUT2D eigenvalue weighted by atomic mass is 10.0. The molecule has 0 saturated carbocycles. The van der Waals surface area contributed by atoms with Crippen LogP contribution < -0.4 is 0 Å². The summed E-state index contributed by atoms with van der Waals surface area (Å²) in [4.78, 5) is 15.1. The van der Waals surface area contributed by atoms with E-state index < -0.39 is 56.8 Å². The van der Waals surface area contributed by atoms with Gasteiger partial charge in [0.15, 0.2) is 40.5 Å². The molecule has 0 aliphatic heterocycles. The first kappa shape index (κ1) is 34.1. The van der Waals surface area contributed by atoms with Crippen molar-refractivity contribution >= 4 is 75.3 Å². The number of para-hydroxylation sites is 2. The number of furan rings is 1. The highest BCUT2D eigenvalue weighted by Crippen LogP contribution is 2.59. The van der Waals surface area contributed by atoms with Crippen LogP contribution in [0.4, 0.5) is 0 Å². The van der Waals surface area contributed by atoms with Gasteiger partial charge in [0.25, 0.3) is 0 Å². The molecule has 7 aromatic carbocycles. The van der Waals surface area contributed by atoms with E-state index in [-0.39, 0.29) is 16.7 Å². The second-order valence-corrected chi connectivity index (χ2v) is 15.0. The Bertz CT molecular complexity index is 3540. The fraction of sp³-hybridized carbons (Fsp3) is 0. The molecule has 0 saturated heterocycles. The zero-order valence-corrected chi connectivity index (χ0v) is 30.9. The number of rotatable bonds is 4. The largest absolute Gasteiger partial charge is 0.504 e. The molecule has 286 valence electrons. The number of phenols is 8. The van der Waals surface area contributed by atoms with Gasteiger partial charge >= 0.3 is 0 Å². The third-order valence-corrected chi connectivity index (χ3v) is 11.9. The van der Waals surface area contributed by atoms with Crippen LogP contribution in [0.15, 0.2) is 114 Å². The Labute approximate surface area is 334 Å². The number of benzene rings is 7. The molecule has 0 spiro atoms. The maximum absolute atomic E-state index is 11.3. The van der Waals surface area contributed by atoms with Gasteiger partial charge < -0.3 is 49.8 Å². The molecule has 13 nitrogen and oxygen atoms in total. The molecule has 0 aliphatic rings. The summed E-state index contributed by atoms with van der Waals surface area (Å²) in [5.74, 6) is -6.91. The molecule has 11 rings (SSSR count). The summed E-state index contributed by atoms with van der Waals surface area (Å²) < 4.78 is 8.97. The van der Waals surface area contributed by atoms with E-state index in [1.807, 2.05) is 97.1 Å². The van der Waals surface area contributed by atoms with E-state index in [0.29, 0.717) is 44.3 Å². The predicted octanol–water partition coefficient (Wildman–Crippen LogP) is 9.88. The van der Waals surface area contributed by atoms with Crippen LogP contribution in [-0.4, -0.2) is 60.4 Å². The van der Waals surface area contributed by atoms with Gasteiger partial charge in [0, 0.05) is 37.4 Å². The Morgan fingerprint density at radius 2 is 0.983 bits per heavy atom. The summed E-state index contributed by atoms with van der Waals surface area (Å²) in [6, 6.07) is 34.1. The van der Waals surface area contributed by atoms with Crippen LogP contribution in [0.3, 0.4) is 0 Å². The molecule has 0 atom stereocenters. The first-order valence-corrected chi connectivity index (χ1v) is 18.9. The maximum Gasteiger partial charge on any atom is 0.206 e. The Balaban J connectivity index is 1.21. The van der Waals surface area contributed by atoms with Crippen molar-refractivity contribution in [3.63, 3.8) is 0 Å². The molecule has 0 bridgehead atoms. The third kappa shape index (κ3) is 4.62. The smallest absolute Gasteiger partial charge is 0.206 e. The quantitative estimate of drug-likeness (QED) is 0.0616. The summed E-state index contributed by atoms with van der Waals surface area (Å²) in [5, 5.41) is 89.8. The molecule has 0 amide bonds. The number of nitrogens with zero attached hydrogens (tertiary/aromatic N) is 4. The van der Waals surface area contributed by atoms with Gasteiger partial charge in [-0.25, -0.2) is 15.0 Å². The SMILES string of the molecule is Oc1c(O)c(O)c2c(c1O)c1c(O)c(O)c(O)c(O)c1n2-c1cccc2c1sc1cccc(-c3nc(-c4ccccc4)nc(-c4cccc5c4oc4ccccc45)n3)c12. The normalized spacial score (nSPS) is 11.9. The molecule has 59 heavy (non-hydrogen) atoms. The molecule has 14 heteroatoms. The summed E-state index contributed by atoms with van der Waals surface area (Å²) in [5.41, 5.74) is 3.02. The summed E-state index contributed by atoms with van der Waals surface area (Å²) in [7, 11) is 0. The van der Waals surface area contributed by atoms with Crippen LogP contribution in [0.5, 0.6) is 46.0 Å². The minimum atomic E-state index is -1.10. The van der Waals surface area contributed by atoms with Crippen molar-refractivity contribution in [2.24, 2.45) is 0 Å². The van der Waals surface area contributed by atoms with E-state index in [2.05, 4.69) is 0 Å². The van der Waals surface area contributed by atoms with E-state index in [9.17, 15) is 40.9 Å². The topological polar surface area (TPSA) is 219 Å². The highest BCUT2D eigenvalue weighted by molar-refractivity contribution is 7.26. The number of hydrogen-bond donors (Lipinski definition) is 8. The molecule has 11 aromatic rings. The maximum atomic E-state index is 11.3. The van der Waals surface area contributed by atoms with E-state index in [1.165, 1.54) is 15.9 Å². The van der Waals surface area contributed by atoms with Crippen molar-refractivity contribution in [2.45, 2.75) is 0 Å². The molecule has 0 fully saturated rings. The van der Waals surface area contributed by atoms with Crippen LogP contribution in [0.2, 0.25) is 0 Å². The van der Waals surface area contributed by atoms with Crippen LogP contribution in [-0.2, 0) is 0 Å². The predicted molar refractivity (Wildman–Crippen MR) is 224 cm³/mol. The van der Waals surface area contributed by atoms with Crippen LogP contribution >= 0.6 is 11.3 Å². The number of aromatic hydroxyl groups is 8. The summed E-state index contributed by atoms with van der Waals surface area (Å²) in [6.07, 6.45) is 0. The molecular weight excluding hydrogens is 773 g/mol.